The lowest BCUT2D eigenvalue weighted by molar-refractivity contribution is -0.144. The van der Waals surface area contributed by atoms with Crippen LogP contribution in [0.2, 0.25) is 0 Å². The van der Waals surface area contributed by atoms with Crippen LogP contribution in [0.25, 0.3) is 0 Å². The maximum Gasteiger partial charge on any atom is 0.325 e. The average Bonchev–Trinajstić information content (AvgIpc) is 3.42. The Morgan fingerprint density at radius 2 is 2.00 bits per heavy atom. The molecule has 1 saturated heterocycles. The molecule has 2 heterocycles. The number of carboxylic acid groups (broad SMARTS) is 2. The average molecular weight is 452 g/mol. The van der Waals surface area contributed by atoms with E-state index in [1.807, 2.05) is 0 Å². The molecule has 0 aromatic carbocycles. The second kappa shape index (κ2) is 11.2. The van der Waals surface area contributed by atoms with Crippen molar-refractivity contribution < 1.29 is 34.2 Å². The minimum atomic E-state index is -1.20. The summed E-state index contributed by atoms with van der Waals surface area (Å²) in [6.45, 7) is 1.58. The summed E-state index contributed by atoms with van der Waals surface area (Å²) in [5, 5.41) is 22.7. The van der Waals surface area contributed by atoms with E-state index in [0.717, 1.165) is 0 Å². The number of imidazole rings is 1. The fourth-order valence-corrected chi connectivity index (χ4v) is 3.38. The molecule has 0 aliphatic carbocycles. The summed E-state index contributed by atoms with van der Waals surface area (Å²) in [6.07, 6.45) is 3.43. The van der Waals surface area contributed by atoms with Crippen molar-refractivity contribution in [2.45, 2.75) is 63.2 Å². The van der Waals surface area contributed by atoms with Gasteiger partial charge in [0.05, 0.1) is 12.4 Å². The molecule has 4 atom stereocenters. The zero-order valence-electron chi connectivity index (χ0n) is 17.6. The minimum Gasteiger partial charge on any atom is -0.481 e. The van der Waals surface area contributed by atoms with Gasteiger partial charge in [-0.15, -0.1) is 0 Å². The normalized spacial score (nSPS) is 18.4. The first kappa shape index (κ1) is 24.8. The summed E-state index contributed by atoms with van der Waals surface area (Å²) in [4.78, 5) is 68.1. The van der Waals surface area contributed by atoms with Gasteiger partial charge in [-0.3, -0.25) is 24.0 Å². The van der Waals surface area contributed by atoms with Gasteiger partial charge in [0.2, 0.25) is 17.7 Å². The number of likely N-dealkylation sites (tertiary alicyclic amines) is 1. The van der Waals surface area contributed by atoms with Crippen LogP contribution in [0.3, 0.4) is 0 Å². The van der Waals surface area contributed by atoms with E-state index in [9.17, 15) is 24.0 Å². The van der Waals surface area contributed by atoms with Gasteiger partial charge >= 0.3 is 11.9 Å². The molecule has 32 heavy (non-hydrogen) atoms. The van der Waals surface area contributed by atoms with Crippen molar-refractivity contribution in [2.75, 3.05) is 6.54 Å². The number of nitrogens with zero attached hydrogens (tertiary/aromatic N) is 2. The second-order valence-electron chi connectivity index (χ2n) is 7.64. The third-order valence-corrected chi connectivity index (χ3v) is 5.17. The molecular formula is C19H28N6O7. The molecule has 0 radical (unpaired) electrons. The summed E-state index contributed by atoms with van der Waals surface area (Å²) >= 11 is 0. The number of amides is 3. The number of carboxylic acids is 2. The van der Waals surface area contributed by atoms with Gasteiger partial charge in [-0.2, -0.15) is 0 Å². The van der Waals surface area contributed by atoms with Crippen LogP contribution in [0.1, 0.15) is 38.3 Å². The van der Waals surface area contributed by atoms with E-state index in [1.54, 1.807) is 0 Å². The first-order valence-corrected chi connectivity index (χ1v) is 10.2. The van der Waals surface area contributed by atoms with Gasteiger partial charge < -0.3 is 36.5 Å². The molecular weight excluding hydrogens is 424 g/mol. The predicted octanol–water partition coefficient (Wildman–Crippen LogP) is -1.79. The number of hydrogen-bond donors (Lipinski definition) is 6. The number of rotatable bonds is 11. The molecule has 0 saturated carbocycles. The standard InChI is InChI=1S/C19H28N6O7/c1-10(19(31)32)23-17(29)14-3-2-6-25(14)18(30)13(7-11-8-21-9-22-11)24-16(28)12(20)4-5-15(26)27/h8-10,12-14H,2-7,20H2,1H3,(H,21,22)(H,23,29)(H,24,28)(H,26,27)(H,31,32). The smallest absolute Gasteiger partial charge is 0.325 e. The van der Waals surface area contributed by atoms with E-state index in [-0.39, 0.29) is 25.8 Å². The van der Waals surface area contributed by atoms with Crippen molar-refractivity contribution in [1.29, 1.82) is 0 Å². The van der Waals surface area contributed by atoms with E-state index in [2.05, 4.69) is 20.6 Å². The number of nitrogens with two attached hydrogens (primary N) is 1. The van der Waals surface area contributed by atoms with E-state index in [0.29, 0.717) is 18.5 Å². The van der Waals surface area contributed by atoms with Crippen molar-refractivity contribution in [2.24, 2.45) is 5.73 Å². The molecule has 2 rings (SSSR count). The van der Waals surface area contributed by atoms with Crippen LogP contribution >= 0.6 is 0 Å². The summed E-state index contributed by atoms with van der Waals surface area (Å²) in [5.74, 6) is -4.10. The number of hydrogen-bond acceptors (Lipinski definition) is 7. The fourth-order valence-electron chi connectivity index (χ4n) is 3.38. The van der Waals surface area contributed by atoms with Gasteiger partial charge in [-0.1, -0.05) is 0 Å². The topological polar surface area (TPSA) is 208 Å². The molecule has 1 aromatic heterocycles. The molecule has 4 unspecified atom stereocenters. The summed E-state index contributed by atoms with van der Waals surface area (Å²) < 4.78 is 0. The van der Waals surface area contributed by atoms with Crippen LogP contribution in [0.4, 0.5) is 0 Å². The summed E-state index contributed by atoms with van der Waals surface area (Å²) in [5.41, 5.74) is 6.32. The van der Waals surface area contributed by atoms with Crippen LogP contribution in [0, 0.1) is 0 Å². The van der Waals surface area contributed by atoms with Crippen LogP contribution in [0.15, 0.2) is 12.5 Å². The van der Waals surface area contributed by atoms with E-state index < -0.39 is 53.8 Å². The van der Waals surface area contributed by atoms with Gasteiger partial charge in [-0.05, 0) is 26.2 Å². The summed E-state index contributed by atoms with van der Waals surface area (Å²) in [6, 6.07) is -4.19. The van der Waals surface area contributed by atoms with Gasteiger partial charge in [0, 0.05) is 31.3 Å². The molecule has 1 fully saturated rings. The molecule has 3 amide bonds. The van der Waals surface area contributed by atoms with Crippen LogP contribution in [-0.2, 0) is 30.4 Å². The lowest BCUT2D eigenvalue weighted by Crippen LogP contribution is -2.57. The third-order valence-electron chi connectivity index (χ3n) is 5.17. The van der Waals surface area contributed by atoms with Crippen LogP contribution in [-0.4, -0.2) is 85.5 Å². The fraction of sp³-hybridized carbons (Fsp3) is 0.579. The number of H-pyrrole nitrogens is 1. The Bertz CT molecular complexity index is 843. The Balaban J connectivity index is 2.14. The molecule has 0 bridgehead atoms. The maximum atomic E-state index is 13.3. The van der Waals surface area contributed by atoms with Gasteiger partial charge in [0.25, 0.3) is 0 Å². The number of aromatic amines is 1. The SMILES string of the molecule is CC(NC(=O)C1CCCN1C(=O)C(Cc1cnc[nH]1)NC(=O)C(N)CCC(=O)O)C(=O)O. The van der Waals surface area contributed by atoms with Gasteiger partial charge in [-0.25, -0.2) is 4.98 Å². The van der Waals surface area contributed by atoms with Crippen molar-refractivity contribution >= 4 is 29.7 Å². The lowest BCUT2D eigenvalue weighted by Gasteiger charge is -2.29. The zero-order chi connectivity index (χ0) is 23.8. The predicted molar refractivity (Wildman–Crippen MR) is 109 cm³/mol. The zero-order valence-corrected chi connectivity index (χ0v) is 17.6. The molecule has 1 aliphatic heterocycles. The number of aromatic nitrogens is 2. The Hall–Kier alpha value is -3.48. The third kappa shape index (κ3) is 6.77. The lowest BCUT2D eigenvalue weighted by atomic mass is 10.1. The quantitative estimate of drug-likeness (QED) is 0.224. The Morgan fingerprint density at radius 1 is 1.28 bits per heavy atom. The highest BCUT2D eigenvalue weighted by Gasteiger charge is 2.38. The largest absolute Gasteiger partial charge is 0.481 e. The molecule has 0 spiro atoms. The number of carbonyl (C=O) groups excluding carboxylic acids is 3. The Kier molecular flexibility index (Phi) is 8.70. The van der Waals surface area contributed by atoms with Gasteiger partial charge in [0.1, 0.15) is 18.1 Å². The monoisotopic (exact) mass is 452 g/mol. The molecule has 1 aromatic rings. The molecule has 176 valence electrons. The van der Waals surface area contributed by atoms with E-state index in [4.69, 9.17) is 15.9 Å². The van der Waals surface area contributed by atoms with E-state index in [1.165, 1.54) is 24.3 Å². The first-order chi connectivity index (χ1) is 15.1. The second-order valence-corrected chi connectivity index (χ2v) is 7.64. The van der Waals surface area contributed by atoms with Crippen molar-refractivity contribution in [3.63, 3.8) is 0 Å². The molecule has 7 N–H and O–H groups in total. The molecule has 13 nitrogen and oxygen atoms in total. The first-order valence-electron chi connectivity index (χ1n) is 10.2. The summed E-state index contributed by atoms with van der Waals surface area (Å²) in [7, 11) is 0. The van der Waals surface area contributed by atoms with Gasteiger partial charge in [0.15, 0.2) is 0 Å². The van der Waals surface area contributed by atoms with E-state index >= 15 is 0 Å². The number of aliphatic carboxylic acids is 2. The van der Waals surface area contributed by atoms with Crippen molar-refractivity contribution in [3.05, 3.63) is 18.2 Å². The maximum absolute atomic E-state index is 13.3. The highest BCUT2D eigenvalue weighted by molar-refractivity contribution is 5.94. The highest BCUT2D eigenvalue weighted by Crippen LogP contribution is 2.20. The van der Waals surface area contributed by atoms with Crippen LogP contribution in [0.5, 0.6) is 0 Å². The Labute approximate surface area is 183 Å². The number of carbonyl (C=O) groups is 5. The molecule has 13 heteroatoms. The minimum absolute atomic E-state index is 0.0482. The van der Waals surface area contributed by atoms with Crippen molar-refractivity contribution in [1.82, 2.24) is 25.5 Å². The molecule has 1 aliphatic rings. The number of nitrogens with one attached hydrogen (secondary N) is 3. The highest BCUT2D eigenvalue weighted by atomic mass is 16.4. The van der Waals surface area contributed by atoms with Crippen LogP contribution < -0.4 is 16.4 Å². The van der Waals surface area contributed by atoms with Crippen molar-refractivity contribution in [3.8, 4) is 0 Å². The Morgan fingerprint density at radius 3 is 2.59 bits per heavy atom.